The van der Waals surface area contributed by atoms with Crippen LogP contribution in [-0.2, 0) is 11.3 Å². The number of amides is 2. The first-order chi connectivity index (χ1) is 17.1. The Morgan fingerprint density at radius 1 is 1.09 bits per heavy atom. The topological polar surface area (TPSA) is 74.7 Å². The molecule has 35 heavy (non-hydrogen) atoms. The van der Waals surface area contributed by atoms with Gasteiger partial charge in [-0.25, -0.2) is 10.4 Å². The molecular formula is C27H21ClN4O2S. The van der Waals surface area contributed by atoms with Crippen LogP contribution in [0.3, 0.4) is 0 Å². The van der Waals surface area contributed by atoms with Crippen LogP contribution in [0.25, 0.3) is 10.9 Å². The second kappa shape index (κ2) is 10.3. The van der Waals surface area contributed by atoms with Crippen molar-refractivity contribution in [2.75, 3.05) is 5.75 Å². The predicted octanol–water partition coefficient (Wildman–Crippen LogP) is 5.43. The second-order valence-electron chi connectivity index (χ2n) is 8.05. The summed E-state index contributed by atoms with van der Waals surface area (Å²) in [4.78, 5) is 31.3. The summed E-state index contributed by atoms with van der Waals surface area (Å²) < 4.78 is 0. The van der Waals surface area contributed by atoms with E-state index < -0.39 is 0 Å². The maximum Gasteiger partial charge on any atom is 0.271 e. The van der Waals surface area contributed by atoms with Crippen molar-refractivity contribution in [1.82, 2.24) is 15.3 Å². The molecule has 2 amide bonds. The zero-order valence-corrected chi connectivity index (χ0v) is 20.2. The van der Waals surface area contributed by atoms with Gasteiger partial charge in [-0.2, -0.15) is 5.10 Å². The van der Waals surface area contributed by atoms with Crippen LogP contribution in [0.5, 0.6) is 0 Å². The van der Waals surface area contributed by atoms with Gasteiger partial charge in [-0.05, 0) is 35.4 Å². The summed E-state index contributed by atoms with van der Waals surface area (Å²) in [5, 5.41) is 5.21. The number of hydrogen-bond donors (Lipinski definition) is 1. The van der Waals surface area contributed by atoms with Crippen molar-refractivity contribution in [1.29, 1.82) is 0 Å². The second-order valence-corrected chi connectivity index (χ2v) is 9.48. The largest absolute Gasteiger partial charge is 0.322 e. The van der Waals surface area contributed by atoms with E-state index >= 15 is 0 Å². The molecule has 174 valence electrons. The lowest BCUT2D eigenvalue weighted by atomic mass is 10.1. The van der Waals surface area contributed by atoms with Crippen LogP contribution in [0, 0.1) is 0 Å². The fourth-order valence-corrected chi connectivity index (χ4v) is 5.29. The number of para-hydroxylation sites is 1. The molecule has 1 fully saturated rings. The first kappa shape index (κ1) is 23.1. The summed E-state index contributed by atoms with van der Waals surface area (Å²) >= 11 is 7.84. The van der Waals surface area contributed by atoms with Crippen molar-refractivity contribution in [3.05, 3.63) is 112 Å². The van der Waals surface area contributed by atoms with Crippen molar-refractivity contribution in [2.45, 2.75) is 11.9 Å². The van der Waals surface area contributed by atoms with E-state index in [2.05, 4.69) is 15.5 Å². The Morgan fingerprint density at radius 3 is 2.63 bits per heavy atom. The highest BCUT2D eigenvalue weighted by Crippen LogP contribution is 2.39. The van der Waals surface area contributed by atoms with Crippen LogP contribution < -0.4 is 5.43 Å². The van der Waals surface area contributed by atoms with Gasteiger partial charge < -0.3 is 4.90 Å². The Balaban J connectivity index is 1.25. The molecular weight excluding hydrogens is 480 g/mol. The predicted molar refractivity (Wildman–Crippen MR) is 140 cm³/mol. The highest BCUT2D eigenvalue weighted by molar-refractivity contribution is 8.00. The minimum Gasteiger partial charge on any atom is -0.322 e. The number of fused-ring (bicyclic) bond motifs is 1. The minimum absolute atomic E-state index is 0.0830. The molecule has 1 saturated heterocycles. The van der Waals surface area contributed by atoms with Crippen LogP contribution in [0.15, 0.2) is 90.0 Å². The summed E-state index contributed by atoms with van der Waals surface area (Å²) in [5.41, 5.74) is 6.48. The van der Waals surface area contributed by atoms with Crippen LogP contribution in [0.2, 0.25) is 5.15 Å². The number of rotatable bonds is 6. The maximum atomic E-state index is 12.6. The van der Waals surface area contributed by atoms with Gasteiger partial charge in [0, 0.05) is 23.1 Å². The number of pyridine rings is 1. The molecule has 4 aromatic rings. The molecule has 5 rings (SSSR count). The molecule has 1 aliphatic heterocycles. The van der Waals surface area contributed by atoms with E-state index in [1.807, 2.05) is 77.7 Å². The zero-order chi connectivity index (χ0) is 24.2. The standard InChI is InChI=1S/C27H21ClN4O2S/c28-25-22(14-21-8-4-5-9-23(21)30-25)15-29-31-26(34)19-10-12-20(13-11-19)27-32(24(33)17-35-27)16-18-6-2-1-3-7-18/h1-15,27H,16-17H2,(H,31,34)/b29-15-/t27-/m0/s1. The fourth-order valence-electron chi connectivity index (χ4n) is 3.90. The number of carbonyl (C=O) groups excluding carboxylic acids is 2. The number of thioether (sulfide) groups is 1. The molecule has 0 bridgehead atoms. The Labute approximate surface area is 212 Å². The van der Waals surface area contributed by atoms with Crippen LogP contribution in [0.4, 0.5) is 0 Å². The molecule has 1 aliphatic rings. The summed E-state index contributed by atoms with van der Waals surface area (Å²) in [5.74, 6) is 0.219. The number of hydrogen-bond acceptors (Lipinski definition) is 5. The quantitative estimate of drug-likeness (QED) is 0.218. The Kier molecular flexibility index (Phi) is 6.79. The van der Waals surface area contributed by atoms with Gasteiger partial charge in [0.15, 0.2) is 0 Å². The molecule has 2 heterocycles. The van der Waals surface area contributed by atoms with Crippen molar-refractivity contribution >= 4 is 52.3 Å². The molecule has 0 radical (unpaired) electrons. The first-order valence-electron chi connectivity index (χ1n) is 11.0. The van der Waals surface area contributed by atoms with Crippen molar-refractivity contribution < 1.29 is 9.59 Å². The number of nitrogens with one attached hydrogen (secondary N) is 1. The van der Waals surface area contributed by atoms with Gasteiger partial charge in [0.1, 0.15) is 10.5 Å². The van der Waals surface area contributed by atoms with Gasteiger partial charge in [0.25, 0.3) is 5.91 Å². The summed E-state index contributed by atoms with van der Waals surface area (Å²) in [6, 6.07) is 26.7. The molecule has 1 aromatic heterocycles. The van der Waals surface area contributed by atoms with Crippen molar-refractivity contribution in [3.63, 3.8) is 0 Å². The lowest BCUT2D eigenvalue weighted by Gasteiger charge is -2.24. The van der Waals surface area contributed by atoms with Gasteiger partial charge >= 0.3 is 0 Å². The third kappa shape index (κ3) is 5.21. The number of nitrogens with zero attached hydrogens (tertiary/aromatic N) is 3. The average Bonchev–Trinajstić information content (AvgIpc) is 3.24. The smallest absolute Gasteiger partial charge is 0.271 e. The lowest BCUT2D eigenvalue weighted by Crippen LogP contribution is -2.27. The van der Waals surface area contributed by atoms with Gasteiger partial charge in [0.05, 0.1) is 17.5 Å². The van der Waals surface area contributed by atoms with Gasteiger partial charge in [-0.3, -0.25) is 9.59 Å². The van der Waals surface area contributed by atoms with E-state index in [1.165, 1.54) is 6.21 Å². The lowest BCUT2D eigenvalue weighted by molar-refractivity contribution is -0.128. The summed E-state index contributed by atoms with van der Waals surface area (Å²) in [6.45, 7) is 0.556. The van der Waals surface area contributed by atoms with Gasteiger partial charge in [-0.1, -0.05) is 72.3 Å². The zero-order valence-electron chi connectivity index (χ0n) is 18.6. The number of carbonyl (C=O) groups is 2. The van der Waals surface area contributed by atoms with Crippen molar-refractivity contribution in [2.24, 2.45) is 5.10 Å². The van der Waals surface area contributed by atoms with Gasteiger partial charge in [-0.15, -0.1) is 11.8 Å². The Morgan fingerprint density at radius 2 is 1.83 bits per heavy atom. The van der Waals surface area contributed by atoms with Crippen molar-refractivity contribution in [3.8, 4) is 0 Å². The average molecular weight is 501 g/mol. The SMILES string of the molecule is O=C(N/N=C\c1cc2ccccc2nc1Cl)c1ccc([C@@H]2SCC(=O)N2Cc2ccccc2)cc1. The number of halogens is 1. The summed E-state index contributed by atoms with van der Waals surface area (Å²) in [7, 11) is 0. The highest BCUT2D eigenvalue weighted by Gasteiger charge is 2.32. The highest BCUT2D eigenvalue weighted by atomic mass is 35.5. The Bertz CT molecular complexity index is 1410. The molecule has 6 nitrogen and oxygen atoms in total. The molecule has 0 spiro atoms. The van der Waals surface area contributed by atoms with E-state index in [-0.39, 0.29) is 17.2 Å². The van der Waals surface area contributed by atoms with E-state index in [9.17, 15) is 9.59 Å². The van der Waals surface area contributed by atoms with Gasteiger partial charge in [0.2, 0.25) is 5.91 Å². The van der Waals surface area contributed by atoms with E-state index in [0.717, 1.165) is 22.0 Å². The van der Waals surface area contributed by atoms with E-state index in [1.54, 1.807) is 23.9 Å². The normalized spacial score (nSPS) is 15.7. The fraction of sp³-hybridized carbons (Fsp3) is 0.111. The maximum absolute atomic E-state index is 12.6. The van der Waals surface area contributed by atoms with Crippen LogP contribution >= 0.6 is 23.4 Å². The summed E-state index contributed by atoms with van der Waals surface area (Å²) in [6.07, 6.45) is 1.48. The molecule has 8 heteroatoms. The number of aromatic nitrogens is 1. The first-order valence-corrected chi connectivity index (χ1v) is 12.4. The molecule has 0 unspecified atom stereocenters. The van der Waals surface area contributed by atoms with E-state index in [4.69, 9.17) is 11.6 Å². The number of benzene rings is 3. The number of hydrazone groups is 1. The molecule has 1 N–H and O–H groups in total. The molecule has 0 aliphatic carbocycles. The minimum atomic E-state index is -0.339. The molecule has 1 atom stereocenters. The van der Waals surface area contributed by atoms with Crippen LogP contribution in [0.1, 0.15) is 32.4 Å². The monoisotopic (exact) mass is 500 g/mol. The third-order valence-corrected chi connectivity index (χ3v) is 7.25. The Hall–Kier alpha value is -3.68. The molecule has 0 saturated carbocycles. The van der Waals surface area contributed by atoms with Crippen LogP contribution in [-0.4, -0.2) is 33.7 Å². The molecule has 3 aromatic carbocycles. The van der Waals surface area contributed by atoms with E-state index in [0.29, 0.717) is 28.6 Å². The third-order valence-electron chi connectivity index (χ3n) is 5.70.